The fourth-order valence-corrected chi connectivity index (χ4v) is 3.86. The second kappa shape index (κ2) is 7.52. The summed E-state index contributed by atoms with van der Waals surface area (Å²) in [4.78, 5) is 19.3. The van der Waals surface area contributed by atoms with Crippen molar-refractivity contribution in [2.75, 3.05) is 24.5 Å². The van der Waals surface area contributed by atoms with Gasteiger partial charge in [0.25, 0.3) is 5.91 Å². The molecule has 0 atom stereocenters. The summed E-state index contributed by atoms with van der Waals surface area (Å²) in [5, 5.41) is 3.00. The van der Waals surface area contributed by atoms with Crippen LogP contribution in [0.1, 0.15) is 65.7 Å². The molecule has 1 aliphatic heterocycles. The van der Waals surface area contributed by atoms with Gasteiger partial charge in [-0.1, -0.05) is 24.6 Å². The van der Waals surface area contributed by atoms with Gasteiger partial charge in [-0.05, 0) is 50.7 Å². The molecule has 5 heteroatoms. The maximum Gasteiger partial charge on any atom is 0.273 e. The summed E-state index contributed by atoms with van der Waals surface area (Å²) in [6.45, 7) is 4.54. The van der Waals surface area contributed by atoms with Crippen molar-refractivity contribution >= 4 is 11.6 Å². The number of nitrogens with zero attached hydrogens (tertiary/aromatic N) is 2. The highest BCUT2D eigenvalue weighted by Crippen LogP contribution is 2.36. The van der Waals surface area contributed by atoms with E-state index >= 15 is 0 Å². The van der Waals surface area contributed by atoms with Gasteiger partial charge in [0.2, 0.25) is 0 Å². The zero-order valence-electron chi connectivity index (χ0n) is 15.5. The molecule has 2 aromatic rings. The molecule has 26 heavy (non-hydrogen) atoms. The average molecular weight is 353 g/mol. The van der Waals surface area contributed by atoms with Crippen LogP contribution in [-0.4, -0.2) is 30.5 Å². The van der Waals surface area contributed by atoms with E-state index in [1.54, 1.807) is 0 Å². The Morgan fingerprint density at radius 2 is 2.15 bits per heavy atom. The minimum atomic E-state index is -0.115. The first-order valence-corrected chi connectivity index (χ1v) is 9.81. The Balaban J connectivity index is 1.28. The molecule has 1 aliphatic carbocycles. The van der Waals surface area contributed by atoms with E-state index in [2.05, 4.69) is 39.5 Å². The highest BCUT2D eigenvalue weighted by Gasteiger charge is 2.27. The van der Waals surface area contributed by atoms with Crippen LogP contribution in [0.4, 0.5) is 5.69 Å². The Bertz CT molecular complexity index is 779. The van der Waals surface area contributed by atoms with E-state index in [0.29, 0.717) is 23.9 Å². The van der Waals surface area contributed by atoms with E-state index in [9.17, 15) is 4.79 Å². The second-order valence-corrected chi connectivity index (χ2v) is 7.41. The number of amides is 1. The summed E-state index contributed by atoms with van der Waals surface area (Å²) in [7, 11) is 0. The minimum absolute atomic E-state index is 0.115. The molecule has 1 fully saturated rings. The third-order valence-electron chi connectivity index (χ3n) is 5.58. The third kappa shape index (κ3) is 3.48. The summed E-state index contributed by atoms with van der Waals surface area (Å²) in [6.07, 6.45) is 6.76. The predicted octanol–water partition coefficient (Wildman–Crippen LogP) is 3.82. The van der Waals surface area contributed by atoms with Gasteiger partial charge >= 0.3 is 0 Å². The maximum absolute atomic E-state index is 12.4. The van der Waals surface area contributed by atoms with Crippen LogP contribution in [0.5, 0.6) is 0 Å². The summed E-state index contributed by atoms with van der Waals surface area (Å²) in [5.74, 6) is 1.67. The largest absolute Gasteiger partial charge is 0.445 e. The Hall–Kier alpha value is -2.30. The summed E-state index contributed by atoms with van der Waals surface area (Å²) >= 11 is 0. The monoisotopic (exact) mass is 353 g/mol. The molecule has 0 spiro atoms. The van der Waals surface area contributed by atoms with Gasteiger partial charge < -0.3 is 14.6 Å². The van der Waals surface area contributed by atoms with Crippen LogP contribution in [0.25, 0.3) is 0 Å². The van der Waals surface area contributed by atoms with Crippen LogP contribution in [0.3, 0.4) is 0 Å². The zero-order valence-corrected chi connectivity index (χ0v) is 15.5. The topological polar surface area (TPSA) is 58.4 Å². The van der Waals surface area contributed by atoms with Gasteiger partial charge in [-0.3, -0.25) is 4.79 Å². The number of hydrogen-bond acceptors (Lipinski definition) is 4. The molecule has 138 valence electrons. The lowest BCUT2D eigenvalue weighted by Gasteiger charge is -2.31. The van der Waals surface area contributed by atoms with Crippen molar-refractivity contribution < 1.29 is 9.21 Å². The molecule has 2 aliphatic rings. The lowest BCUT2D eigenvalue weighted by molar-refractivity contribution is 0.0947. The lowest BCUT2D eigenvalue weighted by Crippen LogP contribution is -2.33. The SMILES string of the molecule is Cc1oc(C2CCC2)nc1C(=O)NCCCN1CCCc2ccccc21. The number of para-hydroxylation sites is 1. The number of fused-ring (bicyclic) bond motifs is 1. The molecule has 5 nitrogen and oxygen atoms in total. The van der Waals surface area contributed by atoms with Crippen molar-refractivity contribution in [3.63, 3.8) is 0 Å². The molecule has 0 bridgehead atoms. The number of aromatic nitrogens is 1. The molecule has 0 radical (unpaired) electrons. The number of carbonyl (C=O) groups is 1. The van der Waals surface area contributed by atoms with Crippen LogP contribution < -0.4 is 10.2 Å². The fourth-order valence-electron chi connectivity index (χ4n) is 3.86. The van der Waals surface area contributed by atoms with Gasteiger partial charge in [0.15, 0.2) is 11.6 Å². The third-order valence-corrected chi connectivity index (χ3v) is 5.58. The molecular weight excluding hydrogens is 326 g/mol. The first-order chi connectivity index (χ1) is 12.7. The molecule has 1 amide bonds. The van der Waals surface area contributed by atoms with Crippen LogP contribution in [0.15, 0.2) is 28.7 Å². The maximum atomic E-state index is 12.4. The molecule has 0 saturated heterocycles. The van der Waals surface area contributed by atoms with Gasteiger partial charge in [0.1, 0.15) is 5.76 Å². The van der Waals surface area contributed by atoms with Gasteiger partial charge in [-0.25, -0.2) is 4.98 Å². The Morgan fingerprint density at radius 1 is 1.31 bits per heavy atom. The molecule has 0 unspecified atom stereocenters. The molecule has 1 aromatic heterocycles. The number of nitrogens with one attached hydrogen (secondary N) is 1. The van der Waals surface area contributed by atoms with Crippen LogP contribution in [0.2, 0.25) is 0 Å². The first-order valence-electron chi connectivity index (χ1n) is 9.81. The Kier molecular flexibility index (Phi) is 4.96. The summed E-state index contributed by atoms with van der Waals surface area (Å²) in [5.41, 5.74) is 3.24. The molecule has 2 heterocycles. The van der Waals surface area contributed by atoms with Gasteiger partial charge in [0, 0.05) is 31.2 Å². The summed E-state index contributed by atoms with van der Waals surface area (Å²) in [6, 6.07) is 8.64. The normalized spacial score (nSPS) is 16.9. The van der Waals surface area contributed by atoms with Gasteiger partial charge in [0.05, 0.1) is 0 Å². The van der Waals surface area contributed by atoms with Crippen molar-refractivity contribution in [3.8, 4) is 0 Å². The molecular formula is C21H27N3O2. The first kappa shape index (κ1) is 17.1. The Labute approximate surface area is 154 Å². The Morgan fingerprint density at radius 3 is 2.96 bits per heavy atom. The molecule has 4 rings (SSSR count). The van der Waals surface area contributed by atoms with E-state index in [4.69, 9.17) is 4.42 Å². The van der Waals surface area contributed by atoms with Gasteiger partial charge in [-0.2, -0.15) is 0 Å². The van der Waals surface area contributed by atoms with Crippen molar-refractivity contribution in [1.29, 1.82) is 0 Å². The number of anilines is 1. The lowest BCUT2D eigenvalue weighted by atomic mass is 9.85. The van der Waals surface area contributed by atoms with Crippen LogP contribution in [-0.2, 0) is 6.42 Å². The van der Waals surface area contributed by atoms with Crippen molar-refractivity contribution in [3.05, 3.63) is 47.2 Å². The molecule has 1 N–H and O–H groups in total. The summed E-state index contributed by atoms with van der Waals surface area (Å²) < 4.78 is 5.70. The van der Waals surface area contributed by atoms with Crippen molar-refractivity contribution in [2.45, 2.75) is 51.4 Å². The zero-order chi connectivity index (χ0) is 17.9. The standard InChI is InChI=1S/C21H27N3O2/c1-15-19(23-21(26-15)17-8-4-9-17)20(25)22-12-6-14-24-13-5-10-16-7-2-3-11-18(16)24/h2-3,7,11,17H,4-6,8-10,12-14H2,1H3,(H,22,25). The number of aryl methyl sites for hydroxylation is 2. The van der Waals surface area contributed by atoms with E-state index < -0.39 is 0 Å². The number of benzene rings is 1. The molecule has 1 saturated carbocycles. The van der Waals surface area contributed by atoms with Crippen molar-refractivity contribution in [1.82, 2.24) is 10.3 Å². The van der Waals surface area contributed by atoms with Gasteiger partial charge in [-0.15, -0.1) is 0 Å². The number of carbonyl (C=O) groups excluding carboxylic acids is 1. The quantitative estimate of drug-likeness (QED) is 0.802. The highest BCUT2D eigenvalue weighted by molar-refractivity contribution is 5.93. The van der Waals surface area contributed by atoms with Crippen LogP contribution >= 0.6 is 0 Å². The van der Waals surface area contributed by atoms with Crippen LogP contribution in [0, 0.1) is 6.92 Å². The fraction of sp³-hybridized carbons (Fsp3) is 0.524. The number of oxazole rings is 1. The highest BCUT2D eigenvalue weighted by atomic mass is 16.4. The number of hydrogen-bond donors (Lipinski definition) is 1. The van der Waals surface area contributed by atoms with E-state index in [-0.39, 0.29) is 5.91 Å². The van der Waals surface area contributed by atoms with E-state index in [1.807, 2.05) is 6.92 Å². The van der Waals surface area contributed by atoms with E-state index in [0.717, 1.165) is 44.7 Å². The average Bonchev–Trinajstić information content (AvgIpc) is 2.98. The van der Waals surface area contributed by atoms with E-state index in [1.165, 1.54) is 24.1 Å². The smallest absolute Gasteiger partial charge is 0.273 e. The molecule has 1 aromatic carbocycles. The number of rotatable bonds is 6. The second-order valence-electron chi connectivity index (χ2n) is 7.41. The predicted molar refractivity (Wildman–Crippen MR) is 102 cm³/mol. The minimum Gasteiger partial charge on any atom is -0.445 e. The van der Waals surface area contributed by atoms with Crippen molar-refractivity contribution in [2.24, 2.45) is 0 Å².